The molecule has 2 aromatic heterocycles. The summed E-state index contributed by atoms with van der Waals surface area (Å²) in [6, 6.07) is 6.22. The van der Waals surface area contributed by atoms with Crippen molar-refractivity contribution >= 4 is 42.8 Å². The molecule has 0 N–H and O–H groups in total. The van der Waals surface area contributed by atoms with E-state index in [9.17, 15) is 0 Å². The van der Waals surface area contributed by atoms with Gasteiger partial charge in [0, 0.05) is 10.8 Å². The van der Waals surface area contributed by atoms with Crippen molar-refractivity contribution in [3.05, 3.63) is 22.9 Å². The highest BCUT2D eigenvalue weighted by atomic mass is 32.1. The summed E-state index contributed by atoms with van der Waals surface area (Å²) in [5.74, 6) is 1.71. The second-order valence-corrected chi connectivity index (χ2v) is 6.87. The van der Waals surface area contributed by atoms with E-state index >= 15 is 0 Å². The molecule has 0 spiro atoms. The van der Waals surface area contributed by atoms with E-state index in [1.54, 1.807) is 29.6 Å². The van der Waals surface area contributed by atoms with Crippen molar-refractivity contribution in [1.82, 2.24) is 0 Å². The van der Waals surface area contributed by atoms with Gasteiger partial charge in [0.2, 0.25) is 0 Å². The largest absolute Gasteiger partial charge is 0.489 e. The lowest BCUT2D eigenvalue weighted by Crippen LogP contribution is -2.09. The van der Waals surface area contributed by atoms with Crippen LogP contribution in [-0.2, 0) is 0 Å². The van der Waals surface area contributed by atoms with Gasteiger partial charge < -0.3 is 9.47 Å². The standard InChI is InChI=1S/C16H15NO2S2/c1-9(2)18-13-11-4-6-21-16(11)14(19-10(3)8-17)12-5-7-20-15(12)13/h4-7,9-10H,1-3H3. The van der Waals surface area contributed by atoms with E-state index in [0.29, 0.717) is 0 Å². The third-order valence-electron chi connectivity index (χ3n) is 3.06. The summed E-state index contributed by atoms with van der Waals surface area (Å²) < 4.78 is 14.0. The monoisotopic (exact) mass is 317 g/mol. The summed E-state index contributed by atoms with van der Waals surface area (Å²) in [7, 11) is 0. The average Bonchev–Trinajstić information content (AvgIpc) is 3.10. The number of hydrogen-bond donors (Lipinski definition) is 0. The first kappa shape index (κ1) is 14.2. The number of thiophene rings is 2. The SMILES string of the molecule is CC(C)Oc1c2ccsc2c(OC(C)C#N)c2ccsc12. The molecule has 0 fully saturated rings. The van der Waals surface area contributed by atoms with Crippen molar-refractivity contribution < 1.29 is 9.47 Å². The second-order valence-electron chi connectivity index (χ2n) is 5.04. The van der Waals surface area contributed by atoms with Gasteiger partial charge in [0.15, 0.2) is 6.10 Å². The summed E-state index contributed by atoms with van der Waals surface area (Å²) in [6.45, 7) is 5.82. The Balaban J connectivity index is 2.30. The van der Waals surface area contributed by atoms with Crippen LogP contribution in [-0.4, -0.2) is 12.2 Å². The van der Waals surface area contributed by atoms with Crippen molar-refractivity contribution in [2.45, 2.75) is 33.0 Å². The second kappa shape index (κ2) is 5.55. The molecule has 0 aliphatic rings. The van der Waals surface area contributed by atoms with E-state index in [2.05, 4.69) is 12.1 Å². The number of benzene rings is 1. The molecule has 0 bridgehead atoms. The normalized spacial score (nSPS) is 12.7. The zero-order chi connectivity index (χ0) is 15.0. The Morgan fingerprint density at radius 3 is 1.95 bits per heavy atom. The van der Waals surface area contributed by atoms with Gasteiger partial charge in [-0.2, -0.15) is 5.26 Å². The Hall–Kier alpha value is -1.77. The quantitative estimate of drug-likeness (QED) is 0.664. The maximum absolute atomic E-state index is 9.02. The van der Waals surface area contributed by atoms with Crippen LogP contribution < -0.4 is 9.47 Å². The highest BCUT2D eigenvalue weighted by Crippen LogP contribution is 2.47. The van der Waals surface area contributed by atoms with Crippen molar-refractivity contribution in [2.24, 2.45) is 0 Å². The third-order valence-corrected chi connectivity index (χ3v) is 4.89. The van der Waals surface area contributed by atoms with Gasteiger partial charge in [-0.3, -0.25) is 0 Å². The lowest BCUT2D eigenvalue weighted by molar-refractivity contribution is 0.248. The van der Waals surface area contributed by atoms with Gasteiger partial charge in [0.1, 0.15) is 17.6 Å². The highest BCUT2D eigenvalue weighted by molar-refractivity contribution is 7.19. The Bertz CT molecular complexity index is 774. The molecule has 21 heavy (non-hydrogen) atoms. The van der Waals surface area contributed by atoms with Crippen LogP contribution in [0.4, 0.5) is 0 Å². The van der Waals surface area contributed by atoms with Gasteiger partial charge in [0.05, 0.1) is 15.5 Å². The number of fused-ring (bicyclic) bond motifs is 2. The minimum Gasteiger partial charge on any atom is -0.489 e. The van der Waals surface area contributed by atoms with Crippen molar-refractivity contribution in [1.29, 1.82) is 5.26 Å². The molecule has 1 unspecified atom stereocenters. The molecule has 0 saturated carbocycles. The van der Waals surface area contributed by atoms with Crippen molar-refractivity contribution in [3.8, 4) is 17.6 Å². The molecule has 5 heteroatoms. The van der Waals surface area contributed by atoms with Crippen molar-refractivity contribution in [3.63, 3.8) is 0 Å². The summed E-state index contributed by atoms with van der Waals surface area (Å²) >= 11 is 3.26. The molecule has 3 aromatic rings. The molecule has 1 atom stereocenters. The molecule has 0 aliphatic heterocycles. The maximum Gasteiger partial charge on any atom is 0.181 e. The summed E-state index contributed by atoms with van der Waals surface area (Å²) in [5, 5.41) is 15.2. The van der Waals surface area contributed by atoms with Gasteiger partial charge in [-0.15, -0.1) is 22.7 Å². The molecule has 1 aromatic carbocycles. The zero-order valence-corrected chi connectivity index (χ0v) is 13.7. The topological polar surface area (TPSA) is 42.2 Å². The van der Waals surface area contributed by atoms with E-state index in [0.717, 1.165) is 31.7 Å². The molecular formula is C16H15NO2S2. The molecule has 3 nitrogen and oxygen atoms in total. The van der Waals surface area contributed by atoms with E-state index < -0.39 is 6.10 Å². The summed E-state index contributed by atoms with van der Waals surface area (Å²) in [6.07, 6.45) is -0.363. The van der Waals surface area contributed by atoms with Crippen LogP contribution in [0.1, 0.15) is 20.8 Å². The average molecular weight is 317 g/mol. The number of nitriles is 1. The van der Waals surface area contributed by atoms with Crippen LogP contribution >= 0.6 is 22.7 Å². The fourth-order valence-electron chi connectivity index (χ4n) is 2.25. The highest BCUT2D eigenvalue weighted by Gasteiger charge is 2.20. The van der Waals surface area contributed by atoms with Gasteiger partial charge in [-0.1, -0.05) is 0 Å². The fraction of sp³-hybridized carbons (Fsp3) is 0.312. The third kappa shape index (κ3) is 2.45. The van der Waals surface area contributed by atoms with Gasteiger partial charge >= 0.3 is 0 Å². The van der Waals surface area contributed by atoms with Crippen LogP contribution in [0.25, 0.3) is 20.2 Å². The molecule has 0 amide bonds. The Kier molecular flexibility index (Phi) is 3.75. The lowest BCUT2D eigenvalue weighted by atomic mass is 10.1. The molecule has 108 valence electrons. The van der Waals surface area contributed by atoms with Crippen LogP contribution in [0.2, 0.25) is 0 Å². The molecule has 2 heterocycles. The predicted molar refractivity (Wildman–Crippen MR) is 88.7 cm³/mol. The first-order chi connectivity index (χ1) is 10.1. The molecule has 0 saturated heterocycles. The minimum absolute atomic E-state index is 0.114. The maximum atomic E-state index is 9.02. The summed E-state index contributed by atoms with van der Waals surface area (Å²) in [4.78, 5) is 0. The van der Waals surface area contributed by atoms with E-state index in [4.69, 9.17) is 14.7 Å². The smallest absolute Gasteiger partial charge is 0.181 e. The van der Waals surface area contributed by atoms with Crippen LogP contribution in [0.3, 0.4) is 0 Å². The van der Waals surface area contributed by atoms with E-state index in [1.807, 2.05) is 30.7 Å². The number of nitrogens with zero attached hydrogens (tertiary/aromatic N) is 1. The van der Waals surface area contributed by atoms with Gasteiger partial charge in [0.25, 0.3) is 0 Å². The van der Waals surface area contributed by atoms with Crippen LogP contribution in [0, 0.1) is 11.3 Å². The number of hydrogen-bond acceptors (Lipinski definition) is 5. The first-order valence-corrected chi connectivity index (χ1v) is 8.51. The number of rotatable bonds is 4. The molecule has 0 radical (unpaired) electrons. The Morgan fingerprint density at radius 1 is 0.952 bits per heavy atom. The van der Waals surface area contributed by atoms with E-state index in [-0.39, 0.29) is 6.10 Å². The summed E-state index contributed by atoms with van der Waals surface area (Å²) in [5.41, 5.74) is 0. The Morgan fingerprint density at radius 2 is 1.48 bits per heavy atom. The zero-order valence-electron chi connectivity index (χ0n) is 12.0. The van der Waals surface area contributed by atoms with Crippen LogP contribution in [0.5, 0.6) is 11.5 Å². The molecular weight excluding hydrogens is 302 g/mol. The van der Waals surface area contributed by atoms with E-state index in [1.165, 1.54) is 0 Å². The molecule has 0 aliphatic carbocycles. The number of ether oxygens (including phenoxy) is 2. The van der Waals surface area contributed by atoms with Crippen LogP contribution in [0.15, 0.2) is 22.9 Å². The predicted octanol–water partition coefficient (Wildman–Crippen LogP) is 5.19. The first-order valence-electron chi connectivity index (χ1n) is 6.75. The van der Waals surface area contributed by atoms with Gasteiger partial charge in [-0.25, -0.2) is 0 Å². The van der Waals surface area contributed by atoms with Crippen molar-refractivity contribution in [2.75, 3.05) is 0 Å². The Labute approximate surface area is 131 Å². The fourth-order valence-corrected chi connectivity index (χ4v) is 4.03. The molecule has 3 rings (SSSR count). The minimum atomic E-state index is -0.477. The lowest BCUT2D eigenvalue weighted by Gasteiger charge is -2.16. The van der Waals surface area contributed by atoms with Gasteiger partial charge in [-0.05, 0) is 43.7 Å².